The van der Waals surface area contributed by atoms with Crippen molar-refractivity contribution in [2.75, 3.05) is 0 Å². The Morgan fingerprint density at radius 2 is 0.500 bits per heavy atom. The standard InChI is InChI=1S/4O.Th.W/q4*-2;2*+4. The number of hydrogen-bond acceptors (Lipinski definition) is 0. The van der Waals surface area contributed by atoms with E-state index in [4.69, 9.17) is 0 Å². The third kappa shape index (κ3) is 40.1. The van der Waals surface area contributed by atoms with E-state index in [2.05, 4.69) is 0 Å². The molecule has 0 rings (SSSR count). The van der Waals surface area contributed by atoms with Crippen LogP contribution in [0.3, 0.4) is 0 Å². The molecule has 0 bridgehead atoms. The predicted octanol–water partition coefficient (Wildman–Crippen LogP) is -0.478. The van der Waals surface area contributed by atoms with Crippen molar-refractivity contribution < 1.29 is 82.9 Å². The molecule has 0 aromatic carbocycles. The summed E-state index contributed by atoms with van der Waals surface area (Å²) in [6.45, 7) is 0. The minimum atomic E-state index is 0. The maximum atomic E-state index is 0. The van der Waals surface area contributed by atoms with E-state index in [0.29, 0.717) is 0 Å². The fourth-order valence-electron chi connectivity index (χ4n) is 0. The molecule has 0 heterocycles. The summed E-state index contributed by atoms with van der Waals surface area (Å²) in [5.41, 5.74) is 0. The maximum Gasteiger partial charge on any atom is 4.00 e. The van der Waals surface area contributed by atoms with Crippen molar-refractivity contribution in [1.29, 1.82) is 0 Å². The van der Waals surface area contributed by atoms with Crippen LogP contribution in [-0.2, 0) is 43.0 Å². The molecular formula is O4ThW. The topological polar surface area (TPSA) is 114 Å². The molecule has 0 saturated carbocycles. The van der Waals surface area contributed by atoms with Gasteiger partial charge in [0.15, 0.2) is 0 Å². The zero-order valence-electron chi connectivity index (χ0n) is 2.54. The van der Waals surface area contributed by atoms with Crippen molar-refractivity contribution in [3.8, 4) is 0 Å². The molecule has 0 aliphatic rings. The quantitative estimate of drug-likeness (QED) is 0.447. The van der Waals surface area contributed by atoms with Gasteiger partial charge in [0.25, 0.3) is 0 Å². The first-order valence-corrected chi connectivity index (χ1v) is 0. The summed E-state index contributed by atoms with van der Waals surface area (Å²) in [5.74, 6) is 0. The molecule has 4 nitrogen and oxygen atoms in total. The third-order valence-corrected chi connectivity index (χ3v) is 0. The Morgan fingerprint density at radius 1 is 0.500 bits per heavy atom. The van der Waals surface area contributed by atoms with Crippen molar-refractivity contribution in [2.24, 2.45) is 0 Å². The maximum absolute atomic E-state index is 0. The minimum Gasteiger partial charge on any atom is -2.00 e. The van der Waals surface area contributed by atoms with E-state index >= 15 is 0 Å². The van der Waals surface area contributed by atoms with Gasteiger partial charge in [0.2, 0.25) is 0 Å². The van der Waals surface area contributed by atoms with Crippen LogP contribution < -0.4 is 0 Å². The predicted molar refractivity (Wildman–Crippen MR) is 2.75 cm³/mol. The van der Waals surface area contributed by atoms with Crippen molar-refractivity contribution >= 4 is 0 Å². The van der Waals surface area contributed by atoms with Crippen LogP contribution in [0.5, 0.6) is 0 Å². The molecule has 0 N–H and O–H groups in total. The second-order valence-corrected chi connectivity index (χ2v) is 0. The van der Waals surface area contributed by atoms with Crippen molar-refractivity contribution in [3.63, 3.8) is 0 Å². The molecule has 0 radical (unpaired) electrons. The Kier molecular flexibility index (Phi) is 1220. The van der Waals surface area contributed by atoms with Crippen LogP contribution in [0, 0.1) is 39.9 Å². The van der Waals surface area contributed by atoms with E-state index in [9.17, 15) is 0 Å². The normalized spacial score (nSPS) is 0. The Morgan fingerprint density at radius 3 is 0.500 bits per heavy atom. The van der Waals surface area contributed by atoms with Gasteiger partial charge in [-0.2, -0.15) is 0 Å². The van der Waals surface area contributed by atoms with Crippen LogP contribution in [0.2, 0.25) is 0 Å². The summed E-state index contributed by atoms with van der Waals surface area (Å²) in [6, 6.07) is 0. The van der Waals surface area contributed by atoms with Gasteiger partial charge in [-0.25, -0.2) is 0 Å². The van der Waals surface area contributed by atoms with Crippen LogP contribution in [-0.4, -0.2) is 0 Å². The molecule has 34 valence electrons. The van der Waals surface area contributed by atoms with Crippen LogP contribution in [0.4, 0.5) is 0 Å². The van der Waals surface area contributed by atoms with E-state index in [1.165, 1.54) is 0 Å². The van der Waals surface area contributed by atoms with Gasteiger partial charge in [0, 0.05) is 0 Å². The second kappa shape index (κ2) is 68.4. The monoisotopic (exact) mass is 480 g/mol. The Hall–Kier alpha value is 1.85. The second-order valence-electron chi connectivity index (χ2n) is 0. The van der Waals surface area contributed by atoms with E-state index in [0.717, 1.165) is 0 Å². The molecule has 0 aromatic heterocycles. The Balaban J connectivity index is 0. The van der Waals surface area contributed by atoms with Gasteiger partial charge in [-0.1, -0.05) is 0 Å². The van der Waals surface area contributed by atoms with Gasteiger partial charge >= 0.3 is 61.0 Å². The number of rotatable bonds is 0. The summed E-state index contributed by atoms with van der Waals surface area (Å²) in [7, 11) is 0. The summed E-state index contributed by atoms with van der Waals surface area (Å²) >= 11 is 0. The minimum absolute atomic E-state index is 0. The molecule has 0 amide bonds. The van der Waals surface area contributed by atoms with E-state index < -0.39 is 0 Å². The molecular weight excluding hydrogens is 480 g/mol. The molecule has 6 heavy (non-hydrogen) atoms. The third-order valence-electron chi connectivity index (χ3n) is 0. The largest absolute Gasteiger partial charge is 4.00 e. The first-order valence-electron chi connectivity index (χ1n) is 0. The molecule has 0 fully saturated rings. The average Bonchev–Trinajstić information content (AvgIpc) is 0. The molecule has 0 unspecified atom stereocenters. The van der Waals surface area contributed by atoms with E-state index in [1.807, 2.05) is 0 Å². The van der Waals surface area contributed by atoms with Crippen molar-refractivity contribution in [3.05, 3.63) is 0 Å². The van der Waals surface area contributed by atoms with Crippen LogP contribution in [0.15, 0.2) is 0 Å². The first-order chi connectivity index (χ1) is 0. The molecule has 0 aliphatic carbocycles. The first kappa shape index (κ1) is 107. The van der Waals surface area contributed by atoms with Crippen LogP contribution in [0.1, 0.15) is 0 Å². The van der Waals surface area contributed by atoms with Crippen molar-refractivity contribution in [1.82, 2.24) is 0 Å². The molecule has 6 heteroatoms. The van der Waals surface area contributed by atoms with E-state index in [1.54, 1.807) is 0 Å². The molecule has 0 atom stereocenters. The zero-order chi connectivity index (χ0) is 0. The summed E-state index contributed by atoms with van der Waals surface area (Å²) < 4.78 is 0. The van der Waals surface area contributed by atoms with Gasteiger partial charge in [-0.3, -0.25) is 0 Å². The van der Waals surface area contributed by atoms with Gasteiger partial charge in [-0.15, -0.1) is 0 Å². The molecule has 0 aromatic rings. The van der Waals surface area contributed by atoms with Crippen LogP contribution >= 0.6 is 0 Å². The number of hydrogen-bond donors (Lipinski definition) is 0. The van der Waals surface area contributed by atoms with E-state index in [-0.39, 0.29) is 82.9 Å². The van der Waals surface area contributed by atoms with Gasteiger partial charge in [-0.05, 0) is 0 Å². The summed E-state index contributed by atoms with van der Waals surface area (Å²) in [5, 5.41) is 0. The Labute approximate surface area is 81.9 Å². The summed E-state index contributed by atoms with van der Waals surface area (Å²) in [4.78, 5) is 0. The zero-order valence-corrected chi connectivity index (χ0v) is 9.58. The van der Waals surface area contributed by atoms with Gasteiger partial charge < -0.3 is 21.9 Å². The average molecular weight is 480 g/mol. The Bertz CT molecular complexity index is 7.51. The molecule has 0 spiro atoms. The molecule has 0 saturated heterocycles. The van der Waals surface area contributed by atoms with Gasteiger partial charge in [0.1, 0.15) is 0 Å². The fraction of sp³-hybridized carbons (Fsp3) is 0. The molecule has 0 aliphatic heterocycles. The van der Waals surface area contributed by atoms with Gasteiger partial charge in [0.05, 0.1) is 0 Å². The van der Waals surface area contributed by atoms with Crippen molar-refractivity contribution in [2.45, 2.75) is 0 Å². The fourth-order valence-corrected chi connectivity index (χ4v) is 0. The smallest absolute Gasteiger partial charge is 2.00 e. The summed E-state index contributed by atoms with van der Waals surface area (Å²) in [6.07, 6.45) is 0. The van der Waals surface area contributed by atoms with Crippen LogP contribution in [0.25, 0.3) is 0 Å². The SMILES string of the molecule is [O-2].[O-2].[O-2].[O-2].[Th+4].[W+4].